The van der Waals surface area contributed by atoms with Gasteiger partial charge in [-0.25, -0.2) is 0 Å². The van der Waals surface area contributed by atoms with Crippen LogP contribution in [0.25, 0.3) is 58.8 Å². The van der Waals surface area contributed by atoms with Gasteiger partial charge in [-0.05, 0) is 51.9 Å². The standard InChI is InChI=1S/C45H28BNO2S/c1-45(2)29-16-6-3-13-26(29)39-41(45)38-27-14-4-9-19-32(27)47(43(38)40-28-15-5-12-22-37(28)50-44(39)40)25-23-35-42-36(24-25)49-34-21-11-8-18-31(34)46(42)30-17-7-10-20-33(30)48-35/h3-24H,1-2H3. The Morgan fingerprint density at radius 1 is 0.620 bits per heavy atom. The molecule has 9 aromatic rings. The third-order valence-electron chi connectivity index (χ3n) is 11.5. The number of nitrogens with zero attached hydrogens (tertiary/aromatic N) is 1. The van der Waals surface area contributed by atoms with Gasteiger partial charge >= 0.3 is 0 Å². The molecule has 2 aromatic heterocycles. The molecule has 0 fully saturated rings. The Labute approximate surface area is 293 Å². The molecule has 0 N–H and O–H groups in total. The van der Waals surface area contributed by atoms with Crippen molar-refractivity contribution in [2.24, 2.45) is 0 Å². The molecular formula is C45H28BNO2S. The Balaban J connectivity index is 1.26. The molecule has 0 amide bonds. The van der Waals surface area contributed by atoms with Crippen LogP contribution in [0.4, 0.5) is 0 Å². The van der Waals surface area contributed by atoms with Crippen molar-refractivity contribution in [3.05, 3.63) is 145 Å². The fourth-order valence-corrected chi connectivity index (χ4v) is 10.7. The molecule has 0 spiro atoms. The topological polar surface area (TPSA) is 23.4 Å². The van der Waals surface area contributed by atoms with Gasteiger partial charge in [-0.15, -0.1) is 11.3 Å². The summed E-state index contributed by atoms with van der Waals surface area (Å²) in [6, 6.07) is 48.3. The van der Waals surface area contributed by atoms with Crippen LogP contribution in [0.5, 0.6) is 23.0 Å². The highest BCUT2D eigenvalue weighted by Gasteiger charge is 2.42. The maximum atomic E-state index is 6.80. The smallest absolute Gasteiger partial charge is 0.260 e. The van der Waals surface area contributed by atoms with Crippen LogP contribution in [0.2, 0.25) is 0 Å². The fourth-order valence-electron chi connectivity index (χ4n) is 9.46. The minimum atomic E-state index is -0.182. The van der Waals surface area contributed by atoms with E-state index in [2.05, 4.69) is 152 Å². The third kappa shape index (κ3) is 3.22. The lowest BCUT2D eigenvalue weighted by molar-refractivity contribution is 0.464. The predicted molar refractivity (Wildman–Crippen MR) is 209 cm³/mol. The van der Waals surface area contributed by atoms with Crippen LogP contribution in [0.3, 0.4) is 0 Å². The summed E-state index contributed by atoms with van der Waals surface area (Å²) in [5, 5.41) is 5.19. The van der Waals surface area contributed by atoms with E-state index in [1.807, 2.05) is 11.3 Å². The van der Waals surface area contributed by atoms with E-state index in [0.717, 1.165) is 34.1 Å². The van der Waals surface area contributed by atoms with Crippen LogP contribution < -0.4 is 25.9 Å². The van der Waals surface area contributed by atoms with Crippen LogP contribution in [0, 0.1) is 0 Å². The summed E-state index contributed by atoms with van der Waals surface area (Å²) < 4.78 is 18.8. The van der Waals surface area contributed by atoms with Gasteiger partial charge in [0, 0.05) is 59.5 Å². The van der Waals surface area contributed by atoms with Gasteiger partial charge in [0.25, 0.3) is 6.71 Å². The highest BCUT2D eigenvalue weighted by molar-refractivity contribution is 7.26. The molecule has 3 aliphatic rings. The highest BCUT2D eigenvalue weighted by Crippen LogP contribution is 2.59. The molecule has 2 aliphatic heterocycles. The summed E-state index contributed by atoms with van der Waals surface area (Å²) in [6.45, 7) is 4.85. The van der Waals surface area contributed by atoms with Crippen molar-refractivity contribution >= 4 is 76.4 Å². The average Bonchev–Trinajstić information content (AvgIpc) is 3.77. The first-order valence-electron chi connectivity index (χ1n) is 17.3. The average molecular weight is 658 g/mol. The van der Waals surface area contributed by atoms with Crippen LogP contribution in [-0.2, 0) is 5.41 Å². The van der Waals surface area contributed by atoms with Gasteiger partial charge in [0.2, 0.25) is 0 Å². The summed E-state index contributed by atoms with van der Waals surface area (Å²) in [6.07, 6.45) is 0. The second-order valence-electron chi connectivity index (χ2n) is 14.4. The first-order valence-corrected chi connectivity index (χ1v) is 18.1. The van der Waals surface area contributed by atoms with Crippen molar-refractivity contribution in [3.8, 4) is 39.8 Å². The van der Waals surface area contributed by atoms with Crippen LogP contribution in [0.15, 0.2) is 133 Å². The maximum Gasteiger partial charge on any atom is 0.260 e. The van der Waals surface area contributed by atoms with Gasteiger partial charge < -0.3 is 14.0 Å². The van der Waals surface area contributed by atoms with Crippen molar-refractivity contribution in [1.29, 1.82) is 0 Å². The normalized spacial score (nSPS) is 14.6. The zero-order valence-corrected chi connectivity index (χ0v) is 28.3. The Morgan fingerprint density at radius 2 is 1.24 bits per heavy atom. The van der Waals surface area contributed by atoms with Crippen LogP contribution in [-0.4, -0.2) is 11.3 Å². The van der Waals surface area contributed by atoms with E-state index in [4.69, 9.17) is 9.47 Å². The monoisotopic (exact) mass is 657 g/mol. The van der Waals surface area contributed by atoms with Crippen molar-refractivity contribution in [1.82, 2.24) is 4.57 Å². The Morgan fingerprint density at radius 3 is 2.00 bits per heavy atom. The van der Waals surface area contributed by atoms with Gasteiger partial charge in [-0.2, -0.15) is 0 Å². The number of para-hydroxylation sites is 3. The zero-order valence-electron chi connectivity index (χ0n) is 27.5. The Hall–Kier alpha value is -5.78. The number of rotatable bonds is 1. The van der Waals surface area contributed by atoms with Crippen molar-refractivity contribution in [3.63, 3.8) is 0 Å². The van der Waals surface area contributed by atoms with E-state index in [1.165, 1.54) is 75.2 Å². The summed E-state index contributed by atoms with van der Waals surface area (Å²) >= 11 is 1.92. The van der Waals surface area contributed by atoms with E-state index >= 15 is 0 Å². The summed E-state index contributed by atoms with van der Waals surface area (Å²) in [5.41, 5.74) is 12.3. The number of aromatic nitrogens is 1. The minimum Gasteiger partial charge on any atom is -0.458 e. The van der Waals surface area contributed by atoms with E-state index < -0.39 is 0 Å². The minimum absolute atomic E-state index is 0.0391. The van der Waals surface area contributed by atoms with Gasteiger partial charge in [0.15, 0.2) is 0 Å². The molecule has 12 rings (SSSR count). The van der Waals surface area contributed by atoms with Crippen molar-refractivity contribution in [2.45, 2.75) is 19.3 Å². The van der Waals surface area contributed by atoms with Gasteiger partial charge in [-0.1, -0.05) is 111 Å². The number of fused-ring (bicyclic) bond motifs is 16. The molecule has 234 valence electrons. The van der Waals surface area contributed by atoms with Crippen LogP contribution >= 0.6 is 11.3 Å². The molecule has 50 heavy (non-hydrogen) atoms. The molecule has 0 saturated heterocycles. The number of benzene rings is 7. The first-order chi connectivity index (χ1) is 24.6. The van der Waals surface area contributed by atoms with E-state index in [0.29, 0.717) is 0 Å². The predicted octanol–water partition coefficient (Wildman–Crippen LogP) is 10.2. The molecule has 3 nitrogen and oxygen atoms in total. The molecule has 0 atom stereocenters. The molecule has 5 heteroatoms. The first kappa shape index (κ1) is 27.1. The van der Waals surface area contributed by atoms with Gasteiger partial charge in [0.1, 0.15) is 23.0 Å². The molecule has 0 radical (unpaired) electrons. The summed E-state index contributed by atoms with van der Waals surface area (Å²) in [4.78, 5) is 0. The van der Waals surface area contributed by atoms with E-state index in [1.54, 1.807) is 0 Å². The Bertz CT molecular complexity index is 2920. The van der Waals surface area contributed by atoms with Crippen LogP contribution in [0.1, 0.15) is 25.0 Å². The lowest BCUT2D eigenvalue weighted by atomic mass is 9.35. The number of hydrogen-bond donors (Lipinski definition) is 0. The van der Waals surface area contributed by atoms with Crippen molar-refractivity contribution < 1.29 is 9.47 Å². The summed E-state index contributed by atoms with van der Waals surface area (Å²) in [5.74, 6) is 3.50. The number of hydrogen-bond acceptors (Lipinski definition) is 3. The maximum absolute atomic E-state index is 6.80. The number of thiophene rings is 1. The second-order valence-corrected chi connectivity index (χ2v) is 15.4. The molecule has 0 bridgehead atoms. The molecular weight excluding hydrogens is 629 g/mol. The molecule has 0 saturated carbocycles. The molecule has 7 aromatic carbocycles. The van der Waals surface area contributed by atoms with Gasteiger partial charge in [-0.3, -0.25) is 0 Å². The lowest BCUT2D eigenvalue weighted by Gasteiger charge is -2.33. The van der Waals surface area contributed by atoms with E-state index in [9.17, 15) is 0 Å². The summed E-state index contributed by atoms with van der Waals surface area (Å²) in [7, 11) is 0. The molecule has 4 heterocycles. The highest BCUT2D eigenvalue weighted by atomic mass is 32.1. The van der Waals surface area contributed by atoms with Gasteiger partial charge in [0.05, 0.1) is 16.7 Å². The third-order valence-corrected chi connectivity index (χ3v) is 12.7. The van der Waals surface area contributed by atoms with Crippen molar-refractivity contribution in [2.75, 3.05) is 0 Å². The zero-order chi connectivity index (χ0) is 32.9. The molecule has 1 aliphatic carbocycles. The second kappa shape index (κ2) is 9.26. The van der Waals surface area contributed by atoms with E-state index in [-0.39, 0.29) is 12.1 Å². The SMILES string of the molecule is CC1(C)c2ccccc2-c2c1c1c3ccccc3n(-c3cc4c5c(c3)Oc3ccccc3B5c3ccccc3O4)c1c1c2sc2ccccc21. The fraction of sp³-hybridized carbons (Fsp3) is 0.0667. The lowest BCUT2D eigenvalue weighted by Crippen LogP contribution is -2.57. The number of ether oxygens (including phenoxy) is 2. The molecule has 0 unspecified atom stereocenters. The Kier molecular flexibility index (Phi) is 5.02. The quantitative estimate of drug-likeness (QED) is 0.164. The largest absolute Gasteiger partial charge is 0.458 e.